The maximum absolute atomic E-state index is 13.2. The molecule has 2 aliphatic carbocycles. The number of hydrogen-bond acceptors (Lipinski definition) is 2. The van der Waals surface area contributed by atoms with Crippen LogP contribution in [0, 0.1) is 17.8 Å². The highest BCUT2D eigenvalue weighted by Gasteiger charge is 2.42. The van der Waals surface area contributed by atoms with Crippen LogP contribution in [-0.4, -0.2) is 18.5 Å². The Morgan fingerprint density at radius 3 is 2.57 bits per heavy atom. The fraction of sp³-hybridized carbons (Fsp3) is 0.650. The third-order valence-electron chi connectivity index (χ3n) is 6.57. The molecular weight excluding hydrogens is 284 g/mol. The van der Waals surface area contributed by atoms with Gasteiger partial charge in [-0.1, -0.05) is 31.5 Å². The van der Waals surface area contributed by atoms with Gasteiger partial charge >= 0.3 is 0 Å². The van der Waals surface area contributed by atoms with Gasteiger partial charge < -0.3 is 10.6 Å². The summed E-state index contributed by atoms with van der Waals surface area (Å²) in [6, 6.07) is 8.79. The van der Waals surface area contributed by atoms with Crippen LogP contribution in [-0.2, 0) is 4.79 Å². The first-order valence-corrected chi connectivity index (χ1v) is 9.31. The highest BCUT2D eigenvalue weighted by Crippen LogP contribution is 2.44. The number of benzene rings is 1. The lowest BCUT2D eigenvalue weighted by Crippen LogP contribution is -2.50. The van der Waals surface area contributed by atoms with E-state index in [0.29, 0.717) is 29.7 Å². The van der Waals surface area contributed by atoms with Gasteiger partial charge in [0.1, 0.15) is 0 Å². The molecule has 4 rings (SSSR count). The molecule has 1 aromatic rings. The highest BCUT2D eigenvalue weighted by molar-refractivity contribution is 5.96. The van der Waals surface area contributed by atoms with Crippen LogP contribution in [0.4, 0.5) is 5.69 Å². The van der Waals surface area contributed by atoms with Crippen LogP contribution in [0.15, 0.2) is 24.3 Å². The average molecular weight is 312 g/mol. The minimum atomic E-state index is 0.187. The Hall–Kier alpha value is -1.35. The van der Waals surface area contributed by atoms with Crippen molar-refractivity contribution in [2.45, 2.75) is 57.4 Å². The molecule has 0 radical (unpaired) electrons. The Morgan fingerprint density at radius 1 is 1.13 bits per heavy atom. The minimum absolute atomic E-state index is 0.187. The number of anilines is 1. The van der Waals surface area contributed by atoms with E-state index in [4.69, 9.17) is 5.73 Å². The number of rotatable bonds is 1. The van der Waals surface area contributed by atoms with E-state index in [9.17, 15) is 4.79 Å². The molecule has 2 saturated carbocycles. The van der Waals surface area contributed by atoms with Crippen molar-refractivity contribution in [1.29, 1.82) is 0 Å². The minimum Gasteiger partial charge on any atom is -0.327 e. The van der Waals surface area contributed by atoms with E-state index in [1.54, 1.807) is 0 Å². The van der Waals surface area contributed by atoms with Gasteiger partial charge in [-0.3, -0.25) is 4.79 Å². The SMILES string of the molecule is CC1CCN(C(=O)C2CC3CCCC(C2)C3N)c2ccccc21. The van der Waals surface area contributed by atoms with Crippen LogP contribution < -0.4 is 10.6 Å². The topological polar surface area (TPSA) is 46.3 Å². The highest BCUT2D eigenvalue weighted by atomic mass is 16.2. The lowest BCUT2D eigenvalue weighted by molar-refractivity contribution is -0.125. The third kappa shape index (κ3) is 2.59. The zero-order valence-electron chi connectivity index (χ0n) is 14.1. The molecule has 1 amide bonds. The number of amides is 1. The lowest BCUT2D eigenvalue weighted by atomic mass is 9.65. The predicted octanol–water partition coefficient (Wildman–Crippen LogP) is 3.68. The monoisotopic (exact) mass is 312 g/mol. The molecular formula is C20H28N2O. The molecule has 2 fully saturated rings. The molecule has 0 aromatic heterocycles. The molecule has 0 spiro atoms. The lowest BCUT2D eigenvalue weighted by Gasteiger charge is -2.45. The number of carbonyl (C=O) groups is 1. The van der Waals surface area contributed by atoms with Crippen molar-refractivity contribution in [3.63, 3.8) is 0 Å². The first-order chi connectivity index (χ1) is 11.1. The van der Waals surface area contributed by atoms with Crippen LogP contribution in [0.1, 0.15) is 56.9 Å². The zero-order valence-corrected chi connectivity index (χ0v) is 14.1. The van der Waals surface area contributed by atoms with Gasteiger partial charge in [-0.05, 0) is 61.5 Å². The van der Waals surface area contributed by atoms with Gasteiger partial charge in [0.15, 0.2) is 0 Å². The molecule has 0 saturated heterocycles. The first kappa shape index (κ1) is 15.2. The van der Waals surface area contributed by atoms with E-state index in [1.807, 2.05) is 0 Å². The van der Waals surface area contributed by atoms with Crippen LogP contribution in [0.25, 0.3) is 0 Å². The van der Waals surface area contributed by atoms with E-state index in [0.717, 1.165) is 31.5 Å². The van der Waals surface area contributed by atoms with E-state index < -0.39 is 0 Å². The molecule has 1 aromatic carbocycles. The molecule has 3 aliphatic rings. The Labute approximate surface area is 139 Å². The van der Waals surface area contributed by atoms with Gasteiger partial charge in [-0.2, -0.15) is 0 Å². The number of nitrogens with two attached hydrogens (primary N) is 1. The summed E-state index contributed by atoms with van der Waals surface area (Å²) in [4.78, 5) is 15.3. The molecule has 3 heteroatoms. The van der Waals surface area contributed by atoms with E-state index in [-0.39, 0.29) is 5.92 Å². The quantitative estimate of drug-likeness (QED) is 0.860. The summed E-state index contributed by atoms with van der Waals surface area (Å²) in [5.74, 6) is 2.22. The number of para-hydroxylation sites is 1. The maximum Gasteiger partial charge on any atom is 0.230 e. The van der Waals surface area contributed by atoms with Crippen molar-refractivity contribution < 1.29 is 4.79 Å². The first-order valence-electron chi connectivity index (χ1n) is 9.31. The smallest absolute Gasteiger partial charge is 0.230 e. The van der Waals surface area contributed by atoms with Crippen LogP contribution >= 0.6 is 0 Å². The fourth-order valence-corrected chi connectivity index (χ4v) is 5.19. The third-order valence-corrected chi connectivity index (χ3v) is 6.57. The normalized spacial score (nSPS) is 36.4. The second kappa shape index (κ2) is 5.94. The predicted molar refractivity (Wildman–Crippen MR) is 93.4 cm³/mol. The second-order valence-electron chi connectivity index (χ2n) is 7.94. The summed E-state index contributed by atoms with van der Waals surface area (Å²) in [6.45, 7) is 3.14. The molecule has 1 heterocycles. The Balaban J connectivity index is 1.57. The van der Waals surface area contributed by atoms with Gasteiger partial charge in [-0.25, -0.2) is 0 Å². The van der Waals surface area contributed by atoms with Gasteiger partial charge in [0.05, 0.1) is 0 Å². The molecule has 3 atom stereocenters. The summed E-state index contributed by atoms with van der Waals surface area (Å²) >= 11 is 0. The van der Waals surface area contributed by atoms with E-state index in [1.165, 1.54) is 24.8 Å². The van der Waals surface area contributed by atoms with Crippen molar-refractivity contribution in [3.8, 4) is 0 Å². The van der Waals surface area contributed by atoms with Crippen molar-refractivity contribution >= 4 is 11.6 Å². The van der Waals surface area contributed by atoms with Crippen molar-refractivity contribution in [3.05, 3.63) is 29.8 Å². The summed E-state index contributed by atoms with van der Waals surface area (Å²) in [5, 5.41) is 0. The van der Waals surface area contributed by atoms with Gasteiger partial charge in [0, 0.05) is 24.2 Å². The Morgan fingerprint density at radius 2 is 1.83 bits per heavy atom. The van der Waals surface area contributed by atoms with E-state index in [2.05, 4.69) is 36.1 Å². The molecule has 2 bridgehead atoms. The van der Waals surface area contributed by atoms with Crippen molar-refractivity contribution in [1.82, 2.24) is 0 Å². The van der Waals surface area contributed by atoms with Crippen LogP contribution in [0.2, 0.25) is 0 Å². The zero-order chi connectivity index (χ0) is 16.0. The number of carbonyl (C=O) groups excluding carboxylic acids is 1. The molecule has 23 heavy (non-hydrogen) atoms. The van der Waals surface area contributed by atoms with Gasteiger partial charge in [0.25, 0.3) is 0 Å². The summed E-state index contributed by atoms with van der Waals surface area (Å²) < 4.78 is 0. The molecule has 1 aliphatic heterocycles. The number of hydrogen-bond donors (Lipinski definition) is 1. The number of fused-ring (bicyclic) bond motifs is 3. The second-order valence-corrected chi connectivity index (χ2v) is 7.94. The summed E-state index contributed by atoms with van der Waals surface area (Å²) in [5.41, 5.74) is 8.88. The molecule has 2 N–H and O–H groups in total. The maximum atomic E-state index is 13.2. The van der Waals surface area contributed by atoms with Crippen LogP contribution in [0.3, 0.4) is 0 Å². The molecule has 124 valence electrons. The summed E-state index contributed by atoms with van der Waals surface area (Å²) in [7, 11) is 0. The molecule has 3 unspecified atom stereocenters. The number of nitrogens with zero attached hydrogens (tertiary/aromatic N) is 1. The summed E-state index contributed by atoms with van der Waals surface area (Å²) in [6.07, 6.45) is 6.81. The van der Waals surface area contributed by atoms with Crippen LogP contribution in [0.5, 0.6) is 0 Å². The van der Waals surface area contributed by atoms with Gasteiger partial charge in [0.2, 0.25) is 5.91 Å². The average Bonchev–Trinajstić information content (AvgIpc) is 2.55. The standard InChI is InChI=1S/C20H28N2O/c1-13-9-10-22(18-8-3-2-7-17(13)18)20(23)16-11-14-5-4-6-15(12-16)19(14)21/h2-3,7-8,13-16,19H,4-6,9-12,21H2,1H3. The van der Waals surface area contributed by atoms with Crippen molar-refractivity contribution in [2.24, 2.45) is 23.5 Å². The fourth-order valence-electron chi connectivity index (χ4n) is 5.19. The Bertz CT molecular complexity index is 585. The largest absolute Gasteiger partial charge is 0.327 e. The molecule has 3 nitrogen and oxygen atoms in total. The van der Waals surface area contributed by atoms with Gasteiger partial charge in [-0.15, -0.1) is 0 Å². The van der Waals surface area contributed by atoms with E-state index >= 15 is 0 Å². The Kier molecular flexibility index (Phi) is 3.92. The van der Waals surface area contributed by atoms with Crippen molar-refractivity contribution in [2.75, 3.05) is 11.4 Å².